The highest BCUT2D eigenvalue weighted by molar-refractivity contribution is 6.16. The van der Waals surface area contributed by atoms with Gasteiger partial charge in [0.05, 0.1) is 11.9 Å². The van der Waals surface area contributed by atoms with E-state index in [0.717, 1.165) is 34.1 Å². The minimum atomic E-state index is -0.552. The van der Waals surface area contributed by atoms with Crippen molar-refractivity contribution < 1.29 is 19.1 Å². The number of primary amides is 1. The number of amides is 2. The third-order valence-electron chi connectivity index (χ3n) is 6.45. The van der Waals surface area contributed by atoms with Crippen LogP contribution in [0.25, 0.3) is 32.9 Å². The number of anilines is 1. The van der Waals surface area contributed by atoms with Crippen molar-refractivity contribution in [1.29, 1.82) is 0 Å². The molecule has 0 saturated carbocycles. The van der Waals surface area contributed by atoms with Crippen molar-refractivity contribution in [1.82, 2.24) is 4.98 Å². The van der Waals surface area contributed by atoms with E-state index < -0.39 is 11.7 Å². The molecule has 4 N–H and O–H groups in total. The molecule has 5 rings (SSSR count). The van der Waals surface area contributed by atoms with Gasteiger partial charge in [-0.25, -0.2) is 4.39 Å². The van der Waals surface area contributed by atoms with Crippen LogP contribution in [0, 0.1) is 5.82 Å². The summed E-state index contributed by atoms with van der Waals surface area (Å²) in [6.07, 6.45) is 2.41. The quantitative estimate of drug-likeness (QED) is 0.385. The van der Waals surface area contributed by atoms with Crippen LogP contribution in [-0.4, -0.2) is 35.1 Å². The number of aromatic nitrogens is 1. The molecule has 0 radical (unpaired) electrons. The molecule has 3 aromatic carbocycles. The van der Waals surface area contributed by atoms with E-state index in [1.165, 1.54) is 12.1 Å². The second-order valence-corrected chi connectivity index (χ2v) is 8.55. The van der Waals surface area contributed by atoms with Crippen molar-refractivity contribution in [2.75, 3.05) is 18.1 Å². The van der Waals surface area contributed by atoms with Crippen LogP contribution in [0.15, 0.2) is 55.1 Å². The zero-order valence-corrected chi connectivity index (χ0v) is 18.5. The molecular formula is C27H24FN3O3. The number of halogens is 1. The maximum atomic E-state index is 15.7. The number of hydrogen-bond acceptors (Lipinski definition) is 3. The topological polar surface area (TPSA) is 99.4 Å². The van der Waals surface area contributed by atoms with Gasteiger partial charge in [0.1, 0.15) is 5.82 Å². The van der Waals surface area contributed by atoms with Gasteiger partial charge in [0.25, 0.3) is 0 Å². The van der Waals surface area contributed by atoms with Crippen molar-refractivity contribution in [2.45, 2.75) is 19.3 Å². The summed E-state index contributed by atoms with van der Waals surface area (Å²) in [7, 11) is 0. The lowest BCUT2D eigenvalue weighted by atomic mass is 9.94. The van der Waals surface area contributed by atoms with Crippen molar-refractivity contribution in [3.05, 3.63) is 77.6 Å². The van der Waals surface area contributed by atoms with Crippen molar-refractivity contribution >= 4 is 39.3 Å². The van der Waals surface area contributed by atoms with Gasteiger partial charge in [-0.2, -0.15) is 0 Å². The lowest BCUT2D eigenvalue weighted by molar-refractivity contribution is -0.117. The maximum Gasteiger partial charge on any atom is 0.250 e. The van der Waals surface area contributed by atoms with Gasteiger partial charge < -0.3 is 20.7 Å². The SMILES string of the molecule is C=CC(=O)N1CCc2ccc(-c3c(F)cc(CC(N)=O)c4[nH]c5cc(CCO)ccc5c34)cc21. The Bertz CT molecular complexity index is 1490. The molecule has 7 heteroatoms. The molecule has 0 fully saturated rings. The second-order valence-electron chi connectivity index (χ2n) is 8.55. The first-order valence-electron chi connectivity index (χ1n) is 11.1. The first-order valence-corrected chi connectivity index (χ1v) is 11.1. The van der Waals surface area contributed by atoms with E-state index in [9.17, 15) is 14.7 Å². The first-order chi connectivity index (χ1) is 16.4. The molecule has 2 heterocycles. The van der Waals surface area contributed by atoms with Crippen LogP contribution in [-0.2, 0) is 28.9 Å². The molecule has 0 unspecified atom stereocenters. The molecular weight excluding hydrogens is 433 g/mol. The summed E-state index contributed by atoms with van der Waals surface area (Å²) in [6, 6.07) is 12.7. The Labute approximate surface area is 195 Å². The summed E-state index contributed by atoms with van der Waals surface area (Å²) in [6.45, 7) is 4.16. The number of hydrogen-bond donors (Lipinski definition) is 3. The molecule has 34 heavy (non-hydrogen) atoms. The number of carbonyl (C=O) groups excluding carboxylic acids is 2. The van der Waals surface area contributed by atoms with Gasteiger partial charge in [0, 0.05) is 40.7 Å². The predicted molar refractivity (Wildman–Crippen MR) is 131 cm³/mol. The molecule has 1 aliphatic rings. The fourth-order valence-electron chi connectivity index (χ4n) is 4.93. The minimum Gasteiger partial charge on any atom is -0.396 e. The smallest absolute Gasteiger partial charge is 0.250 e. The van der Waals surface area contributed by atoms with Gasteiger partial charge in [-0.1, -0.05) is 30.8 Å². The van der Waals surface area contributed by atoms with Gasteiger partial charge in [-0.15, -0.1) is 0 Å². The number of aromatic amines is 1. The van der Waals surface area contributed by atoms with Crippen LogP contribution in [0.1, 0.15) is 16.7 Å². The van der Waals surface area contributed by atoms with E-state index >= 15 is 4.39 Å². The maximum absolute atomic E-state index is 15.7. The second kappa shape index (κ2) is 8.43. The fourth-order valence-corrected chi connectivity index (χ4v) is 4.93. The number of nitrogens with zero attached hydrogens (tertiary/aromatic N) is 1. The number of H-pyrrole nitrogens is 1. The summed E-state index contributed by atoms with van der Waals surface area (Å²) in [5.74, 6) is -1.21. The predicted octanol–water partition coefficient (Wildman–Crippen LogP) is 3.76. The summed E-state index contributed by atoms with van der Waals surface area (Å²) in [5.41, 5.74) is 11.1. The molecule has 4 aromatic rings. The molecule has 172 valence electrons. The summed E-state index contributed by atoms with van der Waals surface area (Å²) >= 11 is 0. The Kier molecular flexibility index (Phi) is 5.42. The van der Waals surface area contributed by atoms with Crippen LogP contribution in [0.3, 0.4) is 0 Å². The number of aliphatic hydroxyl groups excluding tert-OH is 1. The zero-order chi connectivity index (χ0) is 24.0. The fraction of sp³-hybridized carbons (Fsp3) is 0.185. The lowest BCUT2D eigenvalue weighted by Crippen LogP contribution is -2.26. The van der Waals surface area contributed by atoms with E-state index in [1.807, 2.05) is 36.4 Å². The van der Waals surface area contributed by atoms with Gasteiger partial charge >= 0.3 is 0 Å². The van der Waals surface area contributed by atoms with E-state index in [0.29, 0.717) is 40.6 Å². The molecule has 0 aliphatic carbocycles. The Balaban J connectivity index is 1.78. The van der Waals surface area contributed by atoms with E-state index in [-0.39, 0.29) is 18.9 Å². The van der Waals surface area contributed by atoms with Crippen LogP contribution >= 0.6 is 0 Å². The third kappa shape index (κ3) is 3.54. The molecule has 0 atom stereocenters. The number of nitrogens with two attached hydrogens (primary N) is 1. The van der Waals surface area contributed by atoms with Gasteiger partial charge in [-0.05, 0) is 59.4 Å². The zero-order valence-electron chi connectivity index (χ0n) is 18.5. The van der Waals surface area contributed by atoms with Crippen molar-refractivity contribution in [3.63, 3.8) is 0 Å². The average Bonchev–Trinajstić information content (AvgIpc) is 3.40. The molecule has 2 amide bonds. The highest BCUT2D eigenvalue weighted by Crippen LogP contribution is 2.41. The minimum absolute atomic E-state index is 0.0214. The average molecular weight is 458 g/mol. The summed E-state index contributed by atoms with van der Waals surface area (Å²) in [4.78, 5) is 29.0. The van der Waals surface area contributed by atoms with E-state index in [1.54, 1.807) is 4.90 Å². The Morgan fingerprint density at radius 1 is 1.21 bits per heavy atom. The summed E-state index contributed by atoms with van der Waals surface area (Å²) in [5, 5.41) is 10.8. The number of nitrogens with one attached hydrogen (secondary N) is 1. The van der Waals surface area contributed by atoms with Crippen LogP contribution in [0.2, 0.25) is 0 Å². The Morgan fingerprint density at radius 2 is 2.03 bits per heavy atom. The number of benzene rings is 3. The third-order valence-corrected chi connectivity index (χ3v) is 6.45. The Hall–Kier alpha value is -3.97. The highest BCUT2D eigenvalue weighted by atomic mass is 19.1. The largest absolute Gasteiger partial charge is 0.396 e. The molecule has 0 saturated heterocycles. The Morgan fingerprint density at radius 3 is 2.76 bits per heavy atom. The molecule has 6 nitrogen and oxygen atoms in total. The number of fused-ring (bicyclic) bond motifs is 4. The van der Waals surface area contributed by atoms with Crippen LogP contribution < -0.4 is 10.6 Å². The number of rotatable bonds is 6. The normalized spacial score (nSPS) is 12.9. The molecule has 1 aromatic heterocycles. The van der Waals surface area contributed by atoms with Crippen LogP contribution in [0.5, 0.6) is 0 Å². The first kappa shape index (κ1) is 21.9. The van der Waals surface area contributed by atoms with Gasteiger partial charge in [-0.3, -0.25) is 9.59 Å². The van der Waals surface area contributed by atoms with Crippen molar-refractivity contribution in [2.24, 2.45) is 5.73 Å². The van der Waals surface area contributed by atoms with E-state index in [2.05, 4.69) is 11.6 Å². The monoisotopic (exact) mass is 457 g/mol. The number of aliphatic hydroxyl groups is 1. The van der Waals surface area contributed by atoms with Crippen LogP contribution in [0.4, 0.5) is 10.1 Å². The molecule has 0 spiro atoms. The van der Waals surface area contributed by atoms with Gasteiger partial charge in [0.15, 0.2) is 0 Å². The summed E-state index contributed by atoms with van der Waals surface area (Å²) < 4.78 is 15.7. The standard InChI is InChI=1S/C27H24FN3O3/c1-2-24(34)31-9-7-16-4-5-17(13-22(16)31)25-20(28)12-18(14-23(29)33)27-26(25)19-6-3-15(8-10-32)11-21(19)30-27/h2-6,11-13,30,32H,1,7-10,14H2,(H2,29,33). The molecule has 1 aliphatic heterocycles. The highest BCUT2D eigenvalue weighted by Gasteiger charge is 2.25. The van der Waals surface area contributed by atoms with Crippen molar-refractivity contribution in [3.8, 4) is 11.1 Å². The molecule has 0 bridgehead atoms. The number of carbonyl (C=O) groups is 2. The van der Waals surface area contributed by atoms with E-state index in [4.69, 9.17) is 5.73 Å². The van der Waals surface area contributed by atoms with Gasteiger partial charge in [0.2, 0.25) is 11.8 Å². The lowest BCUT2D eigenvalue weighted by Gasteiger charge is -2.17.